The number of rotatable bonds is 10. The van der Waals surface area contributed by atoms with Crippen molar-refractivity contribution in [3.63, 3.8) is 0 Å². The molecule has 0 saturated heterocycles. The predicted molar refractivity (Wildman–Crippen MR) is 184 cm³/mol. The van der Waals surface area contributed by atoms with Gasteiger partial charge in [-0.1, -0.05) is 34.5 Å². The molecule has 16 heteroatoms. The Hall–Kier alpha value is -5.25. The highest BCUT2D eigenvalue weighted by atomic mass is 79.9. The molecule has 5 rings (SSSR count). The molecule has 13 nitrogen and oxygen atoms in total. The van der Waals surface area contributed by atoms with Gasteiger partial charge in [-0.3, -0.25) is 9.59 Å². The minimum atomic E-state index is -4.09. The van der Waals surface area contributed by atoms with Crippen LogP contribution < -0.4 is 15.4 Å². The number of nitrogens with one attached hydrogen (secondary N) is 2. The smallest absolute Gasteiger partial charge is 0.337 e. The second-order valence-corrected chi connectivity index (χ2v) is 14.1. The number of amides is 2. The number of sulfone groups is 1. The lowest BCUT2D eigenvalue weighted by Crippen LogP contribution is -2.32. The zero-order valence-electron chi connectivity index (χ0n) is 26.0. The Bertz CT molecular complexity index is 2170. The molecule has 0 saturated carbocycles. The van der Waals surface area contributed by atoms with Crippen LogP contribution in [0.15, 0.2) is 94.4 Å². The van der Waals surface area contributed by atoms with Crippen LogP contribution in [-0.2, 0) is 19.4 Å². The summed E-state index contributed by atoms with van der Waals surface area (Å²) in [6.45, 7) is 3.04. The normalized spacial score (nSPS) is 11.8. The predicted octanol–water partition coefficient (Wildman–Crippen LogP) is 6.33. The number of benzene rings is 4. The van der Waals surface area contributed by atoms with E-state index in [1.165, 1.54) is 67.4 Å². The van der Waals surface area contributed by atoms with Crippen molar-refractivity contribution in [2.75, 3.05) is 17.7 Å². The minimum absolute atomic E-state index is 0.0380. The van der Waals surface area contributed by atoms with Gasteiger partial charge in [-0.2, -0.15) is 0 Å². The largest absolute Gasteiger partial charge is 0.506 e. The Kier molecular flexibility index (Phi) is 10.4. The molecule has 0 spiro atoms. The topological polar surface area (TPSA) is 179 Å². The average molecular weight is 769 g/mol. The van der Waals surface area contributed by atoms with Gasteiger partial charge in [0.1, 0.15) is 16.7 Å². The van der Waals surface area contributed by atoms with Crippen molar-refractivity contribution >= 4 is 66.5 Å². The van der Waals surface area contributed by atoms with E-state index >= 15 is 0 Å². The standard InChI is InChI=1S/C33H27BrClN5O8S/c1-18-4-11-23(12-5-18)49(45,46)19(2)31(42)37-27-15-29(41)26(16-30(27)48-22-9-6-20(7-10-22)33(44)47-3)36-32(43)28-17-40(39-38-28)21-8-13-24(34)25(35)14-21/h4-17,19,41H,1-3H3,(H,36,43)(H,37,42). The van der Waals surface area contributed by atoms with Gasteiger partial charge in [-0.15, -0.1) is 5.10 Å². The summed E-state index contributed by atoms with van der Waals surface area (Å²) < 4.78 is 39.1. The molecule has 1 atom stereocenters. The van der Waals surface area contributed by atoms with E-state index in [9.17, 15) is 27.9 Å². The number of aryl methyl sites for hydroxylation is 1. The summed E-state index contributed by atoms with van der Waals surface area (Å²) >= 11 is 9.49. The number of hydrogen-bond acceptors (Lipinski definition) is 10. The molecule has 0 aliphatic heterocycles. The number of aromatic nitrogens is 3. The van der Waals surface area contributed by atoms with Crippen molar-refractivity contribution in [3.05, 3.63) is 111 Å². The first-order valence-corrected chi connectivity index (χ1v) is 17.0. The zero-order valence-corrected chi connectivity index (χ0v) is 29.1. The summed E-state index contributed by atoms with van der Waals surface area (Å²) in [7, 11) is -2.85. The molecule has 1 unspecified atom stereocenters. The van der Waals surface area contributed by atoms with Crippen LogP contribution in [0, 0.1) is 6.92 Å². The Morgan fingerprint density at radius 1 is 0.959 bits per heavy atom. The summed E-state index contributed by atoms with van der Waals surface area (Å²) in [6.07, 6.45) is 1.36. The zero-order chi connectivity index (χ0) is 35.5. The minimum Gasteiger partial charge on any atom is -0.506 e. The van der Waals surface area contributed by atoms with Gasteiger partial charge < -0.3 is 25.2 Å². The van der Waals surface area contributed by atoms with Crippen molar-refractivity contribution < 1.29 is 37.4 Å². The van der Waals surface area contributed by atoms with E-state index in [0.29, 0.717) is 15.2 Å². The monoisotopic (exact) mass is 767 g/mol. The molecule has 4 aromatic carbocycles. The highest BCUT2D eigenvalue weighted by Gasteiger charge is 2.31. The number of methoxy groups -OCH3 is 1. The average Bonchev–Trinajstić information content (AvgIpc) is 3.58. The van der Waals surface area contributed by atoms with Gasteiger partial charge in [0.05, 0.1) is 45.9 Å². The third-order valence-corrected chi connectivity index (χ3v) is 10.5. The third-order valence-electron chi connectivity index (χ3n) is 7.19. The molecule has 0 fully saturated rings. The number of phenolic OH excluding ortho intramolecular Hbond substituents is 1. The Morgan fingerprint density at radius 2 is 1.65 bits per heavy atom. The van der Waals surface area contributed by atoms with E-state index in [1.807, 2.05) is 0 Å². The number of aromatic hydroxyl groups is 1. The molecule has 49 heavy (non-hydrogen) atoms. The Morgan fingerprint density at radius 3 is 2.31 bits per heavy atom. The molecule has 1 heterocycles. The highest BCUT2D eigenvalue weighted by molar-refractivity contribution is 9.10. The lowest BCUT2D eigenvalue weighted by atomic mass is 10.2. The van der Waals surface area contributed by atoms with Crippen molar-refractivity contribution in [2.24, 2.45) is 0 Å². The second-order valence-electron chi connectivity index (χ2n) is 10.6. The van der Waals surface area contributed by atoms with Crippen LogP contribution in [0.3, 0.4) is 0 Å². The summed E-state index contributed by atoms with van der Waals surface area (Å²) in [5.41, 5.74) is 1.28. The molecule has 0 aliphatic rings. The molecule has 0 aliphatic carbocycles. The van der Waals surface area contributed by atoms with Gasteiger partial charge in [-0.05, 0) is 84.4 Å². The van der Waals surface area contributed by atoms with Gasteiger partial charge in [0.25, 0.3) is 5.91 Å². The van der Waals surface area contributed by atoms with Crippen LogP contribution in [-0.4, -0.2) is 58.7 Å². The molecule has 1 aromatic heterocycles. The SMILES string of the molecule is COC(=O)c1ccc(Oc2cc(NC(=O)c3cn(-c4ccc(Br)c(Cl)c4)nn3)c(O)cc2NC(=O)C(C)S(=O)(=O)c2ccc(C)cc2)cc1. The van der Waals surface area contributed by atoms with E-state index in [-0.39, 0.29) is 39.0 Å². The van der Waals surface area contributed by atoms with E-state index < -0.39 is 38.6 Å². The number of halogens is 2. The molecular weight excluding hydrogens is 742 g/mol. The van der Waals surface area contributed by atoms with Gasteiger partial charge in [0, 0.05) is 16.6 Å². The van der Waals surface area contributed by atoms with Crippen LogP contribution >= 0.6 is 27.5 Å². The fourth-order valence-corrected chi connectivity index (χ4v) is 6.06. The lowest BCUT2D eigenvalue weighted by molar-refractivity contribution is -0.115. The quantitative estimate of drug-likeness (QED) is 0.107. The number of carbonyl (C=O) groups excluding carboxylic acids is 3. The van der Waals surface area contributed by atoms with Gasteiger partial charge in [-0.25, -0.2) is 17.9 Å². The maximum Gasteiger partial charge on any atom is 0.337 e. The molecule has 0 radical (unpaired) electrons. The third kappa shape index (κ3) is 7.91. The Labute approximate surface area is 293 Å². The molecular formula is C33H27BrClN5O8S. The molecule has 0 bridgehead atoms. The molecule has 252 valence electrons. The van der Waals surface area contributed by atoms with E-state index in [0.717, 1.165) is 11.6 Å². The summed E-state index contributed by atoms with van der Waals surface area (Å²) in [5, 5.41) is 22.7. The van der Waals surface area contributed by atoms with Crippen LogP contribution in [0.4, 0.5) is 11.4 Å². The van der Waals surface area contributed by atoms with Gasteiger partial charge >= 0.3 is 5.97 Å². The van der Waals surface area contributed by atoms with Crippen LogP contribution in [0.25, 0.3) is 5.69 Å². The molecule has 2 amide bonds. The van der Waals surface area contributed by atoms with E-state index in [4.69, 9.17) is 21.1 Å². The number of carbonyl (C=O) groups is 3. The van der Waals surface area contributed by atoms with Crippen LogP contribution in [0.1, 0.15) is 33.3 Å². The summed E-state index contributed by atoms with van der Waals surface area (Å²) in [6, 6.07) is 19.2. The van der Waals surface area contributed by atoms with Crippen molar-refractivity contribution in [1.82, 2.24) is 15.0 Å². The first-order chi connectivity index (χ1) is 23.3. The van der Waals surface area contributed by atoms with Gasteiger partial charge in [0.15, 0.2) is 21.3 Å². The number of hydrogen-bond donors (Lipinski definition) is 3. The maximum atomic E-state index is 13.3. The maximum absolute atomic E-state index is 13.3. The molecule has 5 aromatic rings. The number of esters is 1. The number of phenols is 1. The lowest BCUT2D eigenvalue weighted by Gasteiger charge is -2.18. The fraction of sp³-hybridized carbons (Fsp3) is 0.121. The van der Waals surface area contributed by atoms with E-state index in [1.54, 1.807) is 37.3 Å². The first kappa shape index (κ1) is 35.1. The van der Waals surface area contributed by atoms with Crippen molar-refractivity contribution in [3.8, 4) is 22.9 Å². The van der Waals surface area contributed by atoms with Crippen molar-refractivity contribution in [2.45, 2.75) is 24.0 Å². The summed E-state index contributed by atoms with van der Waals surface area (Å²) in [4.78, 5) is 38.3. The van der Waals surface area contributed by atoms with Crippen LogP contribution in [0.2, 0.25) is 5.02 Å². The second kappa shape index (κ2) is 14.5. The highest BCUT2D eigenvalue weighted by Crippen LogP contribution is 2.39. The molecule has 3 N–H and O–H groups in total. The number of nitrogens with zero attached hydrogens (tertiary/aromatic N) is 3. The fourth-order valence-electron chi connectivity index (χ4n) is 4.37. The summed E-state index contributed by atoms with van der Waals surface area (Å²) in [5.74, 6) is -2.60. The van der Waals surface area contributed by atoms with Crippen LogP contribution in [0.5, 0.6) is 17.2 Å². The van der Waals surface area contributed by atoms with Gasteiger partial charge in [0.2, 0.25) is 5.91 Å². The number of anilines is 2. The van der Waals surface area contributed by atoms with Crippen molar-refractivity contribution in [1.29, 1.82) is 0 Å². The first-order valence-electron chi connectivity index (χ1n) is 14.3. The number of ether oxygens (including phenoxy) is 2. The Balaban J connectivity index is 1.44. The van der Waals surface area contributed by atoms with E-state index in [2.05, 4.69) is 36.9 Å².